The summed E-state index contributed by atoms with van der Waals surface area (Å²) in [7, 11) is 2.02. The fourth-order valence-corrected chi connectivity index (χ4v) is 2.12. The highest BCUT2D eigenvalue weighted by Crippen LogP contribution is 2.14. The molecule has 1 aromatic rings. The van der Waals surface area contributed by atoms with E-state index in [0.717, 1.165) is 23.0 Å². The molecule has 0 radical (unpaired) electrons. The van der Waals surface area contributed by atoms with E-state index < -0.39 is 0 Å². The SMILES string of the molecule is CCCCCN(C)C(C)C(=O)c1ccc(Br)cc1. The fourth-order valence-electron chi connectivity index (χ4n) is 1.86. The molecule has 1 rings (SSSR count). The van der Waals surface area contributed by atoms with Gasteiger partial charge in [0.05, 0.1) is 6.04 Å². The third kappa shape index (κ3) is 4.54. The Morgan fingerprint density at radius 2 is 1.89 bits per heavy atom. The van der Waals surface area contributed by atoms with Crippen molar-refractivity contribution in [2.45, 2.75) is 39.2 Å². The van der Waals surface area contributed by atoms with Gasteiger partial charge in [0, 0.05) is 10.0 Å². The van der Waals surface area contributed by atoms with E-state index in [9.17, 15) is 4.79 Å². The van der Waals surface area contributed by atoms with Crippen molar-refractivity contribution >= 4 is 21.7 Å². The topological polar surface area (TPSA) is 20.3 Å². The van der Waals surface area contributed by atoms with Crippen molar-refractivity contribution in [3.63, 3.8) is 0 Å². The van der Waals surface area contributed by atoms with Gasteiger partial charge in [0.1, 0.15) is 0 Å². The number of carbonyl (C=O) groups is 1. The Labute approximate surface area is 119 Å². The minimum atomic E-state index is -0.0527. The lowest BCUT2D eigenvalue weighted by Crippen LogP contribution is -2.36. The normalized spacial score (nSPS) is 12.7. The van der Waals surface area contributed by atoms with Crippen LogP contribution in [0.3, 0.4) is 0 Å². The van der Waals surface area contributed by atoms with Crippen LogP contribution in [0.1, 0.15) is 43.5 Å². The molecule has 0 aliphatic heterocycles. The summed E-state index contributed by atoms with van der Waals surface area (Å²) < 4.78 is 1.00. The number of hydrogen-bond acceptors (Lipinski definition) is 2. The highest BCUT2D eigenvalue weighted by molar-refractivity contribution is 9.10. The van der Waals surface area contributed by atoms with Crippen LogP contribution in [0.5, 0.6) is 0 Å². The summed E-state index contributed by atoms with van der Waals surface area (Å²) in [5, 5.41) is 0. The van der Waals surface area contributed by atoms with Gasteiger partial charge in [-0.1, -0.05) is 47.8 Å². The molecule has 0 amide bonds. The Morgan fingerprint density at radius 1 is 1.28 bits per heavy atom. The molecule has 0 aliphatic rings. The molecule has 1 unspecified atom stereocenters. The highest BCUT2D eigenvalue weighted by Gasteiger charge is 2.18. The molecule has 100 valence electrons. The van der Waals surface area contributed by atoms with Crippen LogP contribution in [-0.4, -0.2) is 30.3 Å². The monoisotopic (exact) mass is 311 g/mol. The van der Waals surface area contributed by atoms with Crippen LogP contribution in [0.15, 0.2) is 28.7 Å². The van der Waals surface area contributed by atoms with E-state index in [1.54, 1.807) is 0 Å². The van der Waals surface area contributed by atoms with Gasteiger partial charge in [-0.15, -0.1) is 0 Å². The predicted octanol–water partition coefficient (Wildman–Crippen LogP) is 4.14. The Hall–Kier alpha value is -0.670. The second kappa shape index (κ2) is 7.70. The molecule has 1 aromatic carbocycles. The first-order valence-corrected chi connectivity index (χ1v) is 7.35. The number of carbonyl (C=O) groups excluding carboxylic acids is 1. The Morgan fingerprint density at radius 3 is 2.44 bits per heavy atom. The van der Waals surface area contributed by atoms with Crippen LogP contribution in [0, 0.1) is 0 Å². The molecule has 0 heterocycles. The van der Waals surface area contributed by atoms with Gasteiger partial charge in [0.25, 0.3) is 0 Å². The molecule has 18 heavy (non-hydrogen) atoms. The van der Waals surface area contributed by atoms with Gasteiger partial charge < -0.3 is 0 Å². The van der Waals surface area contributed by atoms with Gasteiger partial charge in [-0.25, -0.2) is 0 Å². The minimum absolute atomic E-state index is 0.0527. The maximum Gasteiger partial charge on any atom is 0.179 e. The average molecular weight is 312 g/mol. The smallest absolute Gasteiger partial charge is 0.179 e. The number of benzene rings is 1. The maximum absolute atomic E-state index is 12.3. The van der Waals surface area contributed by atoms with Crippen LogP contribution >= 0.6 is 15.9 Å². The van der Waals surface area contributed by atoms with Gasteiger partial charge in [-0.3, -0.25) is 9.69 Å². The third-order valence-corrected chi connectivity index (χ3v) is 3.81. The van der Waals surface area contributed by atoms with Crippen molar-refractivity contribution in [2.75, 3.05) is 13.6 Å². The van der Waals surface area contributed by atoms with Gasteiger partial charge >= 0.3 is 0 Å². The van der Waals surface area contributed by atoms with Crippen LogP contribution in [0.25, 0.3) is 0 Å². The van der Waals surface area contributed by atoms with Gasteiger partial charge in [-0.2, -0.15) is 0 Å². The van der Waals surface area contributed by atoms with Crippen LogP contribution < -0.4 is 0 Å². The molecule has 0 N–H and O–H groups in total. The molecular formula is C15H22BrNO. The number of rotatable bonds is 7. The number of ketones is 1. The standard InChI is InChI=1S/C15H22BrNO/c1-4-5-6-11-17(3)12(2)15(18)13-7-9-14(16)10-8-13/h7-10,12H,4-6,11H2,1-3H3. The zero-order valence-electron chi connectivity index (χ0n) is 11.4. The van der Waals surface area contributed by atoms with Crippen molar-refractivity contribution in [3.8, 4) is 0 Å². The number of nitrogens with zero attached hydrogens (tertiary/aromatic N) is 1. The second-order valence-electron chi connectivity index (χ2n) is 4.73. The van der Waals surface area contributed by atoms with E-state index in [2.05, 4.69) is 27.8 Å². The Kier molecular flexibility index (Phi) is 6.58. The highest BCUT2D eigenvalue weighted by atomic mass is 79.9. The summed E-state index contributed by atoms with van der Waals surface area (Å²) in [6.07, 6.45) is 3.59. The fraction of sp³-hybridized carbons (Fsp3) is 0.533. The third-order valence-electron chi connectivity index (χ3n) is 3.28. The van der Waals surface area contributed by atoms with Crippen LogP contribution in [0.2, 0.25) is 0 Å². The van der Waals surface area contributed by atoms with Crippen LogP contribution in [0.4, 0.5) is 0 Å². The van der Waals surface area contributed by atoms with E-state index in [1.165, 1.54) is 12.8 Å². The first-order chi connectivity index (χ1) is 8.56. The lowest BCUT2D eigenvalue weighted by Gasteiger charge is -2.23. The Balaban J connectivity index is 2.57. The first kappa shape index (κ1) is 15.4. The van der Waals surface area contributed by atoms with Gasteiger partial charge in [-0.05, 0) is 39.1 Å². The van der Waals surface area contributed by atoms with Crippen molar-refractivity contribution in [3.05, 3.63) is 34.3 Å². The Bertz CT molecular complexity index is 375. The van der Waals surface area contributed by atoms with Crippen molar-refractivity contribution in [1.82, 2.24) is 4.90 Å². The molecule has 0 saturated heterocycles. The second-order valence-corrected chi connectivity index (χ2v) is 5.65. The molecule has 0 fully saturated rings. The number of unbranched alkanes of at least 4 members (excludes halogenated alkanes) is 2. The van der Waals surface area contributed by atoms with Gasteiger partial charge in [0.15, 0.2) is 5.78 Å². The predicted molar refractivity (Wildman–Crippen MR) is 80.1 cm³/mol. The number of Topliss-reactive ketones (excluding diaryl/α,β-unsaturated/α-hetero) is 1. The van der Waals surface area contributed by atoms with E-state index in [4.69, 9.17) is 0 Å². The summed E-state index contributed by atoms with van der Waals surface area (Å²) >= 11 is 3.38. The molecule has 0 saturated carbocycles. The summed E-state index contributed by atoms with van der Waals surface area (Å²) in [6.45, 7) is 5.16. The molecule has 0 bridgehead atoms. The molecule has 3 heteroatoms. The van der Waals surface area contributed by atoms with Gasteiger partial charge in [0.2, 0.25) is 0 Å². The molecule has 0 aromatic heterocycles. The molecule has 2 nitrogen and oxygen atoms in total. The lowest BCUT2D eigenvalue weighted by molar-refractivity contribution is 0.0867. The first-order valence-electron chi connectivity index (χ1n) is 6.56. The number of halogens is 1. The zero-order valence-corrected chi connectivity index (χ0v) is 13.0. The van der Waals surface area contributed by atoms with Crippen molar-refractivity contribution in [1.29, 1.82) is 0 Å². The molecule has 0 aliphatic carbocycles. The maximum atomic E-state index is 12.3. The summed E-state index contributed by atoms with van der Waals surface area (Å²) in [6, 6.07) is 7.53. The van der Waals surface area contributed by atoms with Crippen molar-refractivity contribution in [2.24, 2.45) is 0 Å². The minimum Gasteiger partial charge on any atom is -0.297 e. The quantitative estimate of drug-likeness (QED) is 0.557. The lowest BCUT2D eigenvalue weighted by atomic mass is 10.0. The summed E-state index contributed by atoms with van der Waals surface area (Å²) in [4.78, 5) is 14.4. The average Bonchev–Trinajstić information content (AvgIpc) is 2.38. The number of likely N-dealkylation sites (N-methyl/N-ethyl adjacent to an activating group) is 1. The van der Waals surface area contributed by atoms with E-state index in [1.807, 2.05) is 38.2 Å². The van der Waals surface area contributed by atoms with Crippen LogP contribution in [-0.2, 0) is 0 Å². The number of hydrogen-bond donors (Lipinski definition) is 0. The molecular weight excluding hydrogens is 290 g/mol. The van der Waals surface area contributed by atoms with E-state index >= 15 is 0 Å². The summed E-state index contributed by atoms with van der Waals surface area (Å²) in [5.41, 5.74) is 0.785. The zero-order chi connectivity index (χ0) is 13.5. The molecule has 0 spiro atoms. The largest absolute Gasteiger partial charge is 0.297 e. The summed E-state index contributed by atoms with van der Waals surface area (Å²) in [5.74, 6) is 0.196. The van der Waals surface area contributed by atoms with E-state index in [0.29, 0.717) is 0 Å². The van der Waals surface area contributed by atoms with Crippen molar-refractivity contribution < 1.29 is 4.79 Å². The molecule has 1 atom stereocenters. The van der Waals surface area contributed by atoms with E-state index in [-0.39, 0.29) is 11.8 Å².